The fraction of sp³-hybridized carbons (Fsp3) is 0.323. The molecule has 4 rings (SSSR count). The predicted molar refractivity (Wildman–Crippen MR) is 161 cm³/mol. The molecule has 226 valence electrons. The first-order valence-corrected chi connectivity index (χ1v) is 14.1. The van der Waals surface area contributed by atoms with E-state index in [0.29, 0.717) is 5.69 Å². The van der Waals surface area contributed by atoms with Crippen molar-refractivity contribution >= 4 is 34.6 Å². The third-order valence-electron chi connectivity index (χ3n) is 7.21. The van der Waals surface area contributed by atoms with Gasteiger partial charge < -0.3 is 36.8 Å². The number of nitrogens with two attached hydrogens (primary N) is 1. The largest absolute Gasteiger partial charge is 0.480 e. The normalized spacial score (nSPS) is 14.0. The molecular weight excluding hydrogens is 550 g/mol. The Kier molecular flexibility index (Phi) is 10.3. The first kappa shape index (κ1) is 31.0. The van der Waals surface area contributed by atoms with Crippen LogP contribution in [0.3, 0.4) is 0 Å². The van der Waals surface area contributed by atoms with E-state index in [1.54, 1.807) is 26.2 Å². The number of nitrogens with zero attached hydrogens (tertiary/aromatic N) is 1. The molecule has 4 unspecified atom stereocenters. The maximum absolute atomic E-state index is 13.6. The van der Waals surface area contributed by atoms with E-state index in [1.165, 1.54) is 6.33 Å². The Hall–Kier alpha value is -4.97. The molecule has 0 aliphatic carbocycles. The van der Waals surface area contributed by atoms with Crippen molar-refractivity contribution in [1.82, 2.24) is 30.9 Å². The van der Waals surface area contributed by atoms with Crippen molar-refractivity contribution in [2.45, 2.75) is 57.3 Å². The molecule has 0 radical (unpaired) electrons. The van der Waals surface area contributed by atoms with Crippen molar-refractivity contribution in [3.05, 3.63) is 90.1 Å². The molecular formula is C31H37N7O5. The van der Waals surface area contributed by atoms with Crippen LogP contribution in [-0.2, 0) is 38.4 Å². The van der Waals surface area contributed by atoms with Crippen molar-refractivity contribution in [3.63, 3.8) is 0 Å². The van der Waals surface area contributed by atoms with Gasteiger partial charge in [0.2, 0.25) is 17.7 Å². The summed E-state index contributed by atoms with van der Waals surface area (Å²) in [5.74, 6) is -3.37. The molecule has 2 aromatic carbocycles. The number of rotatable bonds is 14. The van der Waals surface area contributed by atoms with Crippen LogP contribution in [0.4, 0.5) is 0 Å². The number of aromatic nitrogens is 3. The zero-order valence-corrected chi connectivity index (χ0v) is 24.0. The van der Waals surface area contributed by atoms with E-state index in [-0.39, 0.29) is 25.2 Å². The zero-order valence-electron chi connectivity index (χ0n) is 24.0. The first-order chi connectivity index (χ1) is 20.6. The SMILES string of the molecule is CC(C)C(NC(=O)C(Cc1ccccc1)NC(=O)C(N)Cc1cnc[nH]1)C(=O)NC(Cc1c[nH]c2ccccc12)C(=O)O. The van der Waals surface area contributed by atoms with Crippen molar-refractivity contribution in [2.24, 2.45) is 11.7 Å². The van der Waals surface area contributed by atoms with Crippen LogP contribution >= 0.6 is 0 Å². The molecule has 4 aromatic rings. The van der Waals surface area contributed by atoms with Crippen LogP contribution in [0.1, 0.15) is 30.7 Å². The molecule has 12 heteroatoms. The summed E-state index contributed by atoms with van der Waals surface area (Å²) in [5, 5.41) is 18.8. The molecule has 0 fully saturated rings. The highest BCUT2D eigenvalue weighted by Gasteiger charge is 2.32. The van der Waals surface area contributed by atoms with Crippen LogP contribution in [0.15, 0.2) is 73.3 Å². The molecule has 0 spiro atoms. The summed E-state index contributed by atoms with van der Waals surface area (Å²) in [5.41, 5.74) is 9.17. The highest BCUT2D eigenvalue weighted by Crippen LogP contribution is 2.19. The summed E-state index contributed by atoms with van der Waals surface area (Å²) in [6.45, 7) is 3.48. The first-order valence-electron chi connectivity index (χ1n) is 14.1. The van der Waals surface area contributed by atoms with Gasteiger partial charge in [0.1, 0.15) is 18.1 Å². The lowest BCUT2D eigenvalue weighted by atomic mass is 9.99. The molecule has 4 atom stereocenters. The predicted octanol–water partition coefficient (Wildman–Crippen LogP) is 1.44. The van der Waals surface area contributed by atoms with E-state index in [0.717, 1.165) is 22.0 Å². The number of hydrogen-bond acceptors (Lipinski definition) is 6. The van der Waals surface area contributed by atoms with E-state index in [9.17, 15) is 24.3 Å². The minimum absolute atomic E-state index is 0.0464. The van der Waals surface area contributed by atoms with Crippen LogP contribution < -0.4 is 21.7 Å². The molecule has 0 bridgehead atoms. The Labute approximate surface area is 248 Å². The number of carboxylic acids is 1. The summed E-state index contributed by atoms with van der Waals surface area (Å²) in [6.07, 6.45) is 5.16. The summed E-state index contributed by atoms with van der Waals surface area (Å²) < 4.78 is 0. The van der Waals surface area contributed by atoms with Crippen LogP contribution in [0.25, 0.3) is 10.9 Å². The number of benzene rings is 2. The maximum atomic E-state index is 13.6. The van der Waals surface area contributed by atoms with E-state index >= 15 is 0 Å². The summed E-state index contributed by atoms with van der Waals surface area (Å²) in [4.78, 5) is 62.1. The molecule has 43 heavy (non-hydrogen) atoms. The van der Waals surface area contributed by atoms with Gasteiger partial charge in [0.25, 0.3) is 0 Å². The van der Waals surface area contributed by atoms with Crippen LogP contribution in [0, 0.1) is 5.92 Å². The van der Waals surface area contributed by atoms with Gasteiger partial charge in [-0.3, -0.25) is 14.4 Å². The number of para-hydroxylation sites is 1. The second-order valence-electron chi connectivity index (χ2n) is 10.8. The number of aliphatic carboxylic acids is 1. The molecule has 12 nitrogen and oxygen atoms in total. The van der Waals surface area contributed by atoms with E-state index in [1.807, 2.05) is 54.6 Å². The van der Waals surface area contributed by atoms with E-state index in [2.05, 4.69) is 30.9 Å². The van der Waals surface area contributed by atoms with E-state index in [4.69, 9.17) is 5.73 Å². The fourth-order valence-electron chi connectivity index (χ4n) is 4.83. The Bertz CT molecular complexity index is 1530. The van der Waals surface area contributed by atoms with Crippen molar-refractivity contribution < 1.29 is 24.3 Å². The number of imidazole rings is 1. The van der Waals surface area contributed by atoms with Gasteiger partial charge in [0.05, 0.1) is 12.4 Å². The number of fused-ring (bicyclic) bond motifs is 1. The third kappa shape index (κ3) is 8.29. The minimum Gasteiger partial charge on any atom is -0.480 e. The van der Waals surface area contributed by atoms with E-state index < -0.39 is 47.9 Å². The molecule has 0 saturated heterocycles. The average molecular weight is 588 g/mol. The topological polar surface area (TPSA) is 195 Å². The number of hydrogen-bond donors (Lipinski definition) is 7. The highest BCUT2D eigenvalue weighted by atomic mass is 16.4. The number of carbonyl (C=O) groups excluding carboxylic acids is 3. The molecule has 2 aromatic heterocycles. The fourth-order valence-corrected chi connectivity index (χ4v) is 4.83. The van der Waals surface area contributed by atoms with Gasteiger partial charge in [-0.1, -0.05) is 62.4 Å². The van der Waals surface area contributed by atoms with Gasteiger partial charge in [-0.05, 0) is 23.1 Å². The van der Waals surface area contributed by atoms with Crippen LogP contribution in [0.5, 0.6) is 0 Å². The van der Waals surface area contributed by atoms with Crippen molar-refractivity contribution in [2.75, 3.05) is 0 Å². The lowest BCUT2D eigenvalue weighted by Gasteiger charge is -2.27. The maximum Gasteiger partial charge on any atom is 0.326 e. The van der Waals surface area contributed by atoms with Gasteiger partial charge in [0, 0.05) is 48.3 Å². The lowest BCUT2D eigenvalue weighted by molar-refractivity contribution is -0.142. The second-order valence-corrected chi connectivity index (χ2v) is 10.8. The van der Waals surface area contributed by atoms with Gasteiger partial charge in [-0.25, -0.2) is 9.78 Å². The standard InChI is InChI=1S/C31H37N7O5/c1-18(2)27(30(41)37-26(31(42)43)13-20-15-34-24-11-7-6-10-22(20)24)38-29(40)25(12-19-8-4-3-5-9-19)36-28(39)23(32)14-21-16-33-17-35-21/h3-11,15-18,23,25-27,34H,12-14,32H2,1-2H3,(H,33,35)(H,36,39)(H,37,41)(H,38,40)(H,42,43). The molecule has 0 saturated carbocycles. The lowest BCUT2D eigenvalue weighted by Crippen LogP contribution is -2.59. The average Bonchev–Trinajstić information content (AvgIpc) is 3.65. The quantitative estimate of drug-likeness (QED) is 0.116. The zero-order chi connectivity index (χ0) is 30.9. The monoisotopic (exact) mass is 587 g/mol. The third-order valence-corrected chi connectivity index (χ3v) is 7.21. The summed E-state index contributed by atoms with van der Waals surface area (Å²) in [7, 11) is 0. The van der Waals surface area contributed by atoms with Crippen LogP contribution in [-0.4, -0.2) is 67.9 Å². The molecule has 0 aliphatic heterocycles. The molecule has 3 amide bonds. The Morgan fingerprint density at radius 2 is 1.53 bits per heavy atom. The summed E-state index contributed by atoms with van der Waals surface area (Å²) >= 11 is 0. The molecule has 2 heterocycles. The highest BCUT2D eigenvalue weighted by molar-refractivity contribution is 5.94. The Morgan fingerprint density at radius 1 is 0.837 bits per heavy atom. The van der Waals surface area contributed by atoms with Gasteiger partial charge in [0.15, 0.2) is 0 Å². The summed E-state index contributed by atoms with van der Waals surface area (Å²) in [6, 6.07) is 12.3. The number of H-pyrrole nitrogens is 2. The Balaban J connectivity index is 1.47. The number of carboxylic acid groups (broad SMARTS) is 1. The van der Waals surface area contributed by atoms with Crippen LogP contribution in [0.2, 0.25) is 0 Å². The van der Waals surface area contributed by atoms with Gasteiger partial charge in [-0.2, -0.15) is 0 Å². The van der Waals surface area contributed by atoms with Crippen molar-refractivity contribution in [1.29, 1.82) is 0 Å². The number of amides is 3. The molecule has 0 aliphatic rings. The Morgan fingerprint density at radius 3 is 2.21 bits per heavy atom. The van der Waals surface area contributed by atoms with Gasteiger partial charge in [-0.15, -0.1) is 0 Å². The van der Waals surface area contributed by atoms with Gasteiger partial charge >= 0.3 is 5.97 Å². The minimum atomic E-state index is -1.23. The molecule has 8 N–H and O–H groups in total. The smallest absolute Gasteiger partial charge is 0.326 e. The second kappa shape index (κ2) is 14.3. The number of aromatic amines is 2. The number of carbonyl (C=O) groups is 4. The number of nitrogens with one attached hydrogen (secondary N) is 5. The van der Waals surface area contributed by atoms with Crippen molar-refractivity contribution in [3.8, 4) is 0 Å².